The first-order chi connectivity index (χ1) is 8.31. The number of ether oxygens (including phenoxy) is 2. The normalized spacial score (nSPS) is 19.8. The van der Waals surface area contributed by atoms with Gasteiger partial charge in [0.15, 0.2) is 0 Å². The van der Waals surface area contributed by atoms with E-state index in [1.54, 1.807) is 18.4 Å². The second-order valence-corrected chi connectivity index (χ2v) is 4.82. The Morgan fingerprint density at radius 3 is 3.18 bits per heavy atom. The largest absolute Gasteiger partial charge is 0.382 e. The monoisotopic (exact) mass is 255 g/mol. The average Bonchev–Trinajstić information content (AvgIpc) is 3.00. The molecule has 1 atom stereocenters. The van der Waals surface area contributed by atoms with Gasteiger partial charge in [-0.25, -0.2) is 0 Å². The number of amides is 1. The van der Waals surface area contributed by atoms with Crippen LogP contribution in [0.2, 0.25) is 0 Å². The fourth-order valence-corrected chi connectivity index (χ4v) is 2.55. The molecule has 1 aliphatic rings. The van der Waals surface area contributed by atoms with E-state index in [-0.39, 0.29) is 12.0 Å². The second-order valence-electron chi connectivity index (χ2n) is 4.04. The Bertz CT molecular complexity index is 353. The summed E-state index contributed by atoms with van der Waals surface area (Å²) in [6, 6.07) is 1.87. The van der Waals surface area contributed by atoms with Crippen LogP contribution < -0.4 is 0 Å². The van der Waals surface area contributed by atoms with Gasteiger partial charge in [-0.1, -0.05) is 0 Å². The predicted molar refractivity (Wildman–Crippen MR) is 66.5 cm³/mol. The first-order valence-electron chi connectivity index (χ1n) is 5.73. The van der Waals surface area contributed by atoms with Crippen molar-refractivity contribution in [3.05, 3.63) is 22.4 Å². The van der Waals surface area contributed by atoms with Gasteiger partial charge in [0.25, 0.3) is 5.91 Å². The van der Waals surface area contributed by atoms with E-state index in [0.717, 1.165) is 18.5 Å². The number of thiophene rings is 1. The fourth-order valence-electron chi connectivity index (χ4n) is 1.92. The maximum absolute atomic E-state index is 12.0. The molecular formula is C12H17NO3S. The minimum atomic E-state index is 0.115. The summed E-state index contributed by atoms with van der Waals surface area (Å²) in [7, 11) is 1.66. The number of nitrogens with zero attached hydrogens (tertiary/aromatic N) is 1. The molecule has 2 rings (SSSR count). The van der Waals surface area contributed by atoms with Crippen LogP contribution in [0.4, 0.5) is 0 Å². The molecule has 0 saturated carbocycles. The molecule has 17 heavy (non-hydrogen) atoms. The van der Waals surface area contributed by atoms with Crippen LogP contribution in [0, 0.1) is 0 Å². The van der Waals surface area contributed by atoms with Crippen molar-refractivity contribution >= 4 is 17.2 Å². The van der Waals surface area contributed by atoms with Crippen molar-refractivity contribution in [2.45, 2.75) is 12.5 Å². The molecule has 2 heterocycles. The van der Waals surface area contributed by atoms with Gasteiger partial charge in [-0.05, 0) is 17.9 Å². The van der Waals surface area contributed by atoms with Gasteiger partial charge in [0.1, 0.15) is 0 Å². The predicted octanol–water partition coefficient (Wildman–Crippen LogP) is 1.63. The molecule has 4 nitrogen and oxygen atoms in total. The lowest BCUT2D eigenvalue weighted by molar-refractivity contribution is 0.0218. The average molecular weight is 255 g/mol. The Labute approximate surface area is 105 Å². The minimum absolute atomic E-state index is 0.115. The summed E-state index contributed by atoms with van der Waals surface area (Å²) in [5, 5.41) is 3.82. The number of likely N-dealkylation sites (tertiary alicyclic amines) is 1. The Hall–Kier alpha value is -0.910. The Balaban J connectivity index is 1.79. The zero-order chi connectivity index (χ0) is 12.1. The lowest BCUT2D eigenvalue weighted by Gasteiger charge is -2.16. The quantitative estimate of drug-likeness (QED) is 0.751. The summed E-state index contributed by atoms with van der Waals surface area (Å²) < 4.78 is 10.6. The standard InChI is InChI=1S/C12H17NO3S/c1-15-5-6-16-11-2-4-13(8-11)12(14)10-3-7-17-9-10/h3,7,9,11H,2,4-6,8H2,1H3. The van der Waals surface area contributed by atoms with Crippen molar-refractivity contribution in [3.8, 4) is 0 Å². The molecule has 0 bridgehead atoms. The van der Waals surface area contributed by atoms with Crippen molar-refractivity contribution in [3.63, 3.8) is 0 Å². The van der Waals surface area contributed by atoms with E-state index in [1.165, 1.54) is 0 Å². The van der Waals surface area contributed by atoms with Crippen molar-refractivity contribution in [1.29, 1.82) is 0 Å². The second kappa shape index (κ2) is 6.14. The van der Waals surface area contributed by atoms with E-state index in [1.807, 2.05) is 21.7 Å². The third kappa shape index (κ3) is 3.28. The fraction of sp³-hybridized carbons (Fsp3) is 0.583. The molecule has 1 saturated heterocycles. The zero-order valence-corrected chi connectivity index (χ0v) is 10.7. The molecule has 1 amide bonds. The summed E-state index contributed by atoms with van der Waals surface area (Å²) in [6.07, 6.45) is 1.08. The molecule has 1 unspecified atom stereocenters. The molecule has 1 fully saturated rings. The van der Waals surface area contributed by atoms with Gasteiger partial charge in [-0.15, -0.1) is 0 Å². The van der Waals surface area contributed by atoms with E-state index in [2.05, 4.69) is 0 Å². The summed E-state index contributed by atoms with van der Waals surface area (Å²) in [5.74, 6) is 0.115. The van der Waals surface area contributed by atoms with Gasteiger partial charge in [-0.2, -0.15) is 11.3 Å². The molecule has 94 valence electrons. The summed E-state index contributed by atoms with van der Waals surface area (Å²) in [5.41, 5.74) is 0.785. The maximum Gasteiger partial charge on any atom is 0.254 e. The van der Waals surface area contributed by atoms with Gasteiger partial charge in [-0.3, -0.25) is 4.79 Å². The number of carbonyl (C=O) groups is 1. The molecule has 5 heteroatoms. The van der Waals surface area contributed by atoms with E-state index in [0.29, 0.717) is 19.8 Å². The van der Waals surface area contributed by atoms with Gasteiger partial charge < -0.3 is 14.4 Å². The van der Waals surface area contributed by atoms with Crippen molar-refractivity contribution in [2.24, 2.45) is 0 Å². The lowest BCUT2D eigenvalue weighted by atomic mass is 10.3. The van der Waals surface area contributed by atoms with Gasteiger partial charge >= 0.3 is 0 Å². The molecule has 0 radical (unpaired) electrons. The highest BCUT2D eigenvalue weighted by atomic mass is 32.1. The van der Waals surface area contributed by atoms with Crippen molar-refractivity contribution < 1.29 is 14.3 Å². The van der Waals surface area contributed by atoms with Crippen molar-refractivity contribution in [2.75, 3.05) is 33.4 Å². The van der Waals surface area contributed by atoms with Gasteiger partial charge in [0.2, 0.25) is 0 Å². The van der Waals surface area contributed by atoms with Crippen LogP contribution in [0.5, 0.6) is 0 Å². The van der Waals surface area contributed by atoms with E-state index in [9.17, 15) is 4.79 Å². The summed E-state index contributed by atoms with van der Waals surface area (Å²) >= 11 is 1.55. The number of hydrogen-bond acceptors (Lipinski definition) is 4. The van der Waals surface area contributed by atoms with Crippen LogP contribution in [0.25, 0.3) is 0 Å². The third-order valence-electron chi connectivity index (χ3n) is 2.84. The topological polar surface area (TPSA) is 38.8 Å². The first-order valence-corrected chi connectivity index (χ1v) is 6.67. The Kier molecular flexibility index (Phi) is 4.53. The van der Waals surface area contributed by atoms with Crippen LogP contribution in [-0.4, -0.2) is 50.3 Å². The molecule has 0 aromatic carbocycles. The minimum Gasteiger partial charge on any atom is -0.382 e. The highest BCUT2D eigenvalue weighted by Gasteiger charge is 2.27. The van der Waals surface area contributed by atoms with Crippen molar-refractivity contribution in [1.82, 2.24) is 4.90 Å². The number of methoxy groups -OCH3 is 1. The number of rotatable bonds is 5. The van der Waals surface area contributed by atoms with Crippen LogP contribution in [0.3, 0.4) is 0 Å². The van der Waals surface area contributed by atoms with E-state index < -0.39 is 0 Å². The maximum atomic E-state index is 12.0. The van der Waals surface area contributed by atoms with Gasteiger partial charge in [0.05, 0.1) is 24.9 Å². The van der Waals surface area contributed by atoms with E-state index >= 15 is 0 Å². The van der Waals surface area contributed by atoms with Crippen LogP contribution in [0.15, 0.2) is 16.8 Å². The van der Waals surface area contributed by atoms with Crippen LogP contribution in [-0.2, 0) is 9.47 Å². The molecular weight excluding hydrogens is 238 g/mol. The molecule has 0 aliphatic carbocycles. The van der Waals surface area contributed by atoms with E-state index in [4.69, 9.17) is 9.47 Å². The smallest absolute Gasteiger partial charge is 0.254 e. The zero-order valence-electron chi connectivity index (χ0n) is 9.93. The molecule has 0 N–H and O–H groups in total. The highest BCUT2D eigenvalue weighted by molar-refractivity contribution is 7.08. The van der Waals surface area contributed by atoms with Gasteiger partial charge in [0, 0.05) is 25.6 Å². The lowest BCUT2D eigenvalue weighted by Crippen LogP contribution is -2.30. The number of carbonyl (C=O) groups excluding carboxylic acids is 1. The van der Waals surface area contributed by atoms with Crippen LogP contribution >= 0.6 is 11.3 Å². The molecule has 0 spiro atoms. The molecule has 1 aromatic heterocycles. The third-order valence-corrected chi connectivity index (χ3v) is 3.52. The SMILES string of the molecule is COCCOC1CCN(C(=O)c2ccsc2)C1. The molecule has 1 aromatic rings. The highest BCUT2D eigenvalue weighted by Crippen LogP contribution is 2.17. The summed E-state index contributed by atoms with van der Waals surface area (Å²) in [4.78, 5) is 13.9. The van der Waals surface area contributed by atoms with Crippen LogP contribution in [0.1, 0.15) is 16.8 Å². The summed E-state index contributed by atoms with van der Waals surface area (Å²) in [6.45, 7) is 2.68. The Morgan fingerprint density at radius 1 is 1.59 bits per heavy atom. The Morgan fingerprint density at radius 2 is 2.47 bits per heavy atom. The molecule has 1 aliphatic heterocycles. The number of hydrogen-bond donors (Lipinski definition) is 0. The first kappa shape index (κ1) is 12.5.